The lowest BCUT2D eigenvalue weighted by molar-refractivity contribution is 0.153. The first-order chi connectivity index (χ1) is 43.4. The third-order valence-electron chi connectivity index (χ3n) is 18.7. The number of imidazole rings is 3. The number of aromatic amines is 3. The van der Waals surface area contributed by atoms with Crippen molar-refractivity contribution < 1.29 is 0 Å². The van der Waals surface area contributed by atoms with Crippen LogP contribution in [-0.2, 0) is 78.2 Å². The lowest BCUT2D eigenvalue weighted by atomic mass is 9.85. The summed E-state index contributed by atoms with van der Waals surface area (Å²) in [5.74, 6) is 2.80. The van der Waals surface area contributed by atoms with Crippen molar-refractivity contribution >= 4 is 55.8 Å². The second-order valence-electron chi connectivity index (χ2n) is 24.0. The number of H-pyrrole nitrogens is 3. The van der Waals surface area contributed by atoms with Crippen molar-refractivity contribution in [2.75, 3.05) is 0 Å². The standard InChI is InChI=1S/C70H72N16S2/c71-32-48-41-87-42-49(48)37-86(38-65-78-54-13-1-2-14-55(54)79-65)63-17-5-12-53-51(23-28-77-70(53)63)45-19-21-57-59(31-45)83-67(81-57)40-85(36-47-24-29-88-64(47)34-73)62-16-4-11-52-50(22-27-76-69(52)62)44-18-20-56-58(30-44)82-66(80-56)39-84(35-46-10-7-25-74-60(46)33-72)61-15-3-8-43-9-6-26-75-68(43)61/h1-2,6-7,9-10,13-14,18-31,41-42,61-63H,3-5,8,11-12,15-17,32-40,71-73H2,(H,78,79)(H,80,82)(H,81,83). The Morgan fingerprint density at radius 3 is 1.62 bits per heavy atom. The van der Waals surface area contributed by atoms with Gasteiger partial charge in [-0.2, -0.15) is 11.3 Å². The van der Waals surface area contributed by atoms with E-state index in [1.807, 2.05) is 36.9 Å². The molecule has 3 atom stereocenters. The molecule has 3 aliphatic rings. The summed E-state index contributed by atoms with van der Waals surface area (Å²) in [5, 5.41) is 6.61. The minimum absolute atomic E-state index is 0.0507. The second-order valence-corrected chi connectivity index (χ2v) is 25.7. The highest BCUT2D eigenvalue weighted by molar-refractivity contribution is 7.10. The molecule has 3 unspecified atom stereocenters. The van der Waals surface area contributed by atoms with Crippen LogP contribution >= 0.6 is 22.7 Å². The van der Waals surface area contributed by atoms with Crippen LogP contribution in [0.5, 0.6) is 0 Å². The summed E-state index contributed by atoms with van der Waals surface area (Å²) in [7, 11) is 0. The van der Waals surface area contributed by atoms with Crippen LogP contribution in [0, 0.1) is 0 Å². The topological polar surface area (TPSA) is 225 Å². The average Bonchev–Trinajstić information content (AvgIpc) is 1.53. The zero-order valence-electron chi connectivity index (χ0n) is 49.3. The molecule has 0 radical (unpaired) electrons. The number of hydrogen-bond donors (Lipinski definition) is 6. The van der Waals surface area contributed by atoms with Crippen LogP contribution in [-0.4, -0.2) is 64.5 Å². The largest absolute Gasteiger partial charge is 0.341 e. The molecular formula is C70H72N16S2. The van der Waals surface area contributed by atoms with Crippen molar-refractivity contribution in [3.05, 3.63) is 228 Å². The van der Waals surface area contributed by atoms with Gasteiger partial charge in [0.15, 0.2) is 0 Å². The molecule has 9 aromatic heterocycles. The number of hydrogen-bond acceptors (Lipinski definition) is 15. The molecule has 9 heterocycles. The van der Waals surface area contributed by atoms with Gasteiger partial charge < -0.3 is 32.2 Å². The smallest absolute Gasteiger partial charge is 0.121 e. The molecule has 0 aliphatic heterocycles. The number of para-hydroxylation sites is 2. The zero-order chi connectivity index (χ0) is 59.1. The summed E-state index contributed by atoms with van der Waals surface area (Å²) in [5.41, 5.74) is 42.8. The first kappa shape index (κ1) is 56.3. The molecule has 444 valence electrons. The Bertz CT molecular complexity index is 4430. The average molecular weight is 1200 g/mol. The molecule has 0 saturated carbocycles. The van der Waals surface area contributed by atoms with Crippen LogP contribution in [0.25, 0.3) is 55.4 Å². The predicted octanol–water partition coefficient (Wildman–Crippen LogP) is 13.0. The van der Waals surface area contributed by atoms with E-state index < -0.39 is 0 Å². The fourth-order valence-electron chi connectivity index (χ4n) is 14.4. The van der Waals surface area contributed by atoms with Gasteiger partial charge in [0, 0.05) is 68.9 Å². The van der Waals surface area contributed by atoms with Crippen LogP contribution in [0.15, 0.2) is 144 Å². The second kappa shape index (κ2) is 24.8. The van der Waals surface area contributed by atoms with Crippen molar-refractivity contribution in [2.45, 2.75) is 135 Å². The number of fused-ring (bicyclic) bond motifs is 6. The molecule has 16 nitrogen and oxygen atoms in total. The number of nitrogens with one attached hydrogen (secondary N) is 3. The van der Waals surface area contributed by atoms with E-state index in [2.05, 4.69) is 142 Å². The zero-order valence-corrected chi connectivity index (χ0v) is 51.0. The van der Waals surface area contributed by atoms with E-state index in [0.717, 1.165) is 161 Å². The number of thiophene rings is 2. The normalized spacial score (nSPS) is 16.8. The van der Waals surface area contributed by atoms with E-state index in [9.17, 15) is 0 Å². The highest BCUT2D eigenvalue weighted by Gasteiger charge is 2.34. The van der Waals surface area contributed by atoms with Gasteiger partial charge in [-0.3, -0.25) is 34.6 Å². The summed E-state index contributed by atoms with van der Waals surface area (Å²) in [6, 6.07) is 37.0. The Kier molecular flexibility index (Phi) is 15.9. The van der Waals surface area contributed by atoms with Gasteiger partial charge in [0.2, 0.25) is 0 Å². The number of aromatic nitrogens is 10. The SMILES string of the molecule is NCc1cscc1CN(Cc1nc2ccccc2[nH]1)C1CCCc2c(-c3ccc4nc(CN(Cc5ccsc5CN)C5CCCc6c(-c7ccc8nc(CN(Cc9cccnc9CN)C9CCCc%10cccnc%109)[nH]c8c7)ccnc65)[nH]c4c3)ccnc21. The molecule has 3 aromatic carbocycles. The molecule has 0 saturated heterocycles. The van der Waals surface area contributed by atoms with Crippen molar-refractivity contribution in [1.29, 1.82) is 0 Å². The fourth-order valence-corrected chi connectivity index (χ4v) is 16.1. The summed E-state index contributed by atoms with van der Waals surface area (Å²) < 4.78 is 0. The van der Waals surface area contributed by atoms with E-state index in [1.165, 1.54) is 49.4 Å². The summed E-state index contributed by atoms with van der Waals surface area (Å²) >= 11 is 3.45. The third kappa shape index (κ3) is 11.2. The summed E-state index contributed by atoms with van der Waals surface area (Å²) in [6.45, 7) is 5.49. The van der Waals surface area contributed by atoms with Gasteiger partial charge in [-0.15, -0.1) is 11.3 Å². The van der Waals surface area contributed by atoms with Crippen molar-refractivity contribution in [1.82, 2.24) is 64.5 Å². The number of pyridine rings is 4. The molecule has 12 aromatic rings. The number of rotatable bonds is 20. The molecule has 9 N–H and O–H groups in total. The van der Waals surface area contributed by atoms with Crippen molar-refractivity contribution in [2.24, 2.45) is 17.2 Å². The van der Waals surface area contributed by atoms with Crippen LogP contribution in [0.1, 0.15) is 141 Å². The number of nitrogens with two attached hydrogens (primary N) is 3. The molecular weight excluding hydrogens is 1130 g/mol. The number of benzene rings is 3. The van der Waals surface area contributed by atoms with E-state index in [4.69, 9.17) is 47.1 Å². The lowest BCUT2D eigenvalue weighted by Gasteiger charge is -2.35. The molecule has 18 heteroatoms. The Balaban J connectivity index is 0.714. The van der Waals surface area contributed by atoms with Crippen LogP contribution < -0.4 is 17.2 Å². The summed E-state index contributed by atoms with van der Waals surface area (Å²) in [6.07, 6.45) is 16.9. The highest BCUT2D eigenvalue weighted by Crippen LogP contribution is 2.43. The maximum atomic E-state index is 6.41. The van der Waals surface area contributed by atoms with Gasteiger partial charge in [0.25, 0.3) is 0 Å². The fraction of sp³-hybridized carbons (Fsp3) is 0.300. The first-order valence-corrected chi connectivity index (χ1v) is 32.9. The lowest BCUT2D eigenvalue weighted by Crippen LogP contribution is -2.32. The Hall–Kier alpha value is -8.17. The summed E-state index contributed by atoms with van der Waals surface area (Å²) in [4.78, 5) is 55.7. The first-order valence-electron chi connectivity index (χ1n) is 31.1. The van der Waals surface area contributed by atoms with Crippen LogP contribution in [0.4, 0.5) is 0 Å². The van der Waals surface area contributed by atoms with Gasteiger partial charge in [-0.05, 0) is 202 Å². The molecule has 0 bridgehead atoms. The van der Waals surface area contributed by atoms with E-state index >= 15 is 0 Å². The van der Waals surface area contributed by atoms with Crippen molar-refractivity contribution in [3.63, 3.8) is 0 Å². The Morgan fingerprint density at radius 1 is 0.455 bits per heavy atom. The molecule has 15 rings (SSSR count). The van der Waals surface area contributed by atoms with Gasteiger partial charge in [0.05, 0.1) is 93.6 Å². The Labute approximate surface area is 519 Å². The monoisotopic (exact) mass is 1200 g/mol. The van der Waals surface area contributed by atoms with Crippen molar-refractivity contribution in [3.8, 4) is 22.3 Å². The molecule has 3 aliphatic carbocycles. The van der Waals surface area contributed by atoms with Gasteiger partial charge in [0.1, 0.15) is 17.5 Å². The third-order valence-corrected chi connectivity index (χ3v) is 20.5. The molecule has 0 spiro atoms. The molecule has 0 amide bonds. The van der Waals surface area contributed by atoms with E-state index in [0.29, 0.717) is 45.8 Å². The van der Waals surface area contributed by atoms with Gasteiger partial charge in [-0.1, -0.05) is 36.4 Å². The molecule has 0 fully saturated rings. The Morgan fingerprint density at radius 2 is 1.00 bits per heavy atom. The van der Waals surface area contributed by atoms with Gasteiger partial charge in [-0.25, -0.2) is 15.0 Å². The number of nitrogens with zero attached hydrogens (tertiary/aromatic N) is 10. The predicted molar refractivity (Wildman–Crippen MR) is 350 cm³/mol. The molecule has 88 heavy (non-hydrogen) atoms. The van der Waals surface area contributed by atoms with E-state index in [1.54, 1.807) is 22.7 Å². The minimum Gasteiger partial charge on any atom is -0.341 e. The van der Waals surface area contributed by atoms with Gasteiger partial charge >= 0.3 is 0 Å². The number of aryl methyl sites for hydroxylation is 1. The minimum atomic E-state index is 0.0507. The highest BCUT2D eigenvalue weighted by atomic mass is 32.1. The maximum Gasteiger partial charge on any atom is 0.121 e. The van der Waals surface area contributed by atoms with Crippen LogP contribution in [0.3, 0.4) is 0 Å². The maximum absolute atomic E-state index is 6.41. The van der Waals surface area contributed by atoms with Crippen LogP contribution in [0.2, 0.25) is 0 Å². The quantitative estimate of drug-likeness (QED) is 0.0418. The van der Waals surface area contributed by atoms with E-state index in [-0.39, 0.29) is 18.1 Å².